The number of aromatic nitrogens is 5. The molecule has 0 aromatic carbocycles. The van der Waals surface area contributed by atoms with Gasteiger partial charge in [-0.2, -0.15) is 0 Å². The standard InChI is InChI=1S/C11H9N5O4/c1-18-11(17)7-5-16(15-12-7)6-9-13-14-10(20-9)8-3-2-4-19-8/h2-5H,6H2,1H3. The molecule has 0 spiro atoms. The van der Waals surface area contributed by atoms with Crippen LogP contribution in [0.3, 0.4) is 0 Å². The van der Waals surface area contributed by atoms with Crippen molar-refractivity contribution in [3.05, 3.63) is 36.2 Å². The molecule has 0 aliphatic heterocycles. The van der Waals surface area contributed by atoms with E-state index in [-0.39, 0.29) is 18.1 Å². The van der Waals surface area contributed by atoms with Crippen LogP contribution in [0.2, 0.25) is 0 Å². The average Bonchev–Trinajstić information content (AvgIpc) is 3.19. The second-order valence-corrected chi connectivity index (χ2v) is 3.77. The van der Waals surface area contributed by atoms with Gasteiger partial charge >= 0.3 is 5.97 Å². The van der Waals surface area contributed by atoms with Crippen LogP contribution in [0, 0.1) is 0 Å². The SMILES string of the molecule is COC(=O)c1cn(Cc2nnc(-c3ccco3)o2)nn1. The van der Waals surface area contributed by atoms with Gasteiger partial charge in [0.2, 0.25) is 5.89 Å². The fourth-order valence-electron chi connectivity index (χ4n) is 1.53. The molecule has 0 amide bonds. The molecule has 0 aliphatic carbocycles. The Morgan fingerprint density at radius 2 is 2.30 bits per heavy atom. The van der Waals surface area contributed by atoms with E-state index in [2.05, 4.69) is 25.2 Å². The van der Waals surface area contributed by atoms with Gasteiger partial charge in [0.05, 0.1) is 19.6 Å². The fourth-order valence-corrected chi connectivity index (χ4v) is 1.53. The van der Waals surface area contributed by atoms with Crippen LogP contribution >= 0.6 is 0 Å². The monoisotopic (exact) mass is 275 g/mol. The van der Waals surface area contributed by atoms with E-state index in [4.69, 9.17) is 8.83 Å². The molecule has 0 fully saturated rings. The minimum absolute atomic E-state index is 0.110. The van der Waals surface area contributed by atoms with Gasteiger partial charge in [0.15, 0.2) is 11.5 Å². The number of ether oxygens (including phenoxy) is 1. The second kappa shape index (κ2) is 4.96. The van der Waals surface area contributed by atoms with Crippen LogP contribution < -0.4 is 0 Å². The molecule has 0 saturated carbocycles. The Hall–Kier alpha value is -2.97. The molecule has 3 aromatic rings. The molecule has 0 bridgehead atoms. The topological polar surface area (TPSA) is 109 Å². The Morgan fingerprint density at radius 1 is 1.40 bits per heavy atom. The number of hydrogen-bond donors (Lipinski definition) is 0. The number of nitrogens with zero attached hydrogens (tertiary/aromatic N) is 5. The van der Waals surface area contributed by atoms with Crippen molar-refractivity contribution in [2.24, 2.45) is 0 Å². The lowest BCUT2D eigenvalue weighted by molar-refractivity contribution is 0.0594. The first-order valence-corrected chi connectivity index (χ1v) is 5.61. The van der Waals surface area contributed by atoms with Crippen molar-refractivity contribution >= 4 is 5.97 Å². The van der Waals surface area contributed by atoms with Gasteiger partial charge in [0.25, 0.3) is 5.89 Å². The van der Waals surface area contributed by atoms with E-state index in [1.54, 1.807) is 12.1 Å². The van der Waals surface area contributed by atoms with E-state index in [1.807, 2.05) is 0 Å². The zero-order valence-electron chi connectivity index (χ0n) is 10.4. The predicted molar refractivity (Wildman–Crippen MR) is 62.5 cm³/mol. The zero-order valence-corrected chi connectivity index (χ0v) is 10.4. The molecule has 3 rings (SSSR count). The van der Waals surface area contributed by atoms with Gasteiger partial charge in [-0.15, -0.1) is 15.3 Å². The third-order valence-electron chi connectivity index (χ3n) is 2.43. The van der Waals surface area contributed by atoms with Gasteiger partial charge in [-0.05, 0) is 12.1 Å². The molecular weight excluding hydrogens is 266 g/mol. The molecule has 0 aliphatic rings. The van der Waals surface area contributed by atoms with Crippen molar-refractivity contribution in [2.45, 2.75) is 6.54 Å². The van der Waals surface area contributed by atoms with Crippen LogP contribution in [0.1, 0.15) is 16.4 Å². The first-order chi connectivity index (χ1) is 9.76. The van der Waals surface area contributed by atoms with Crippen LogP contribution in [-0.4, -0.2) is 38.3 Å². The third-order valence-corrected chi connectivity index (χ3v) is 2.43. The summed E-state index contributed by atoms with van der Waals surface area (Å²) in [4.78, 5) is 11.2. The fraction of sp³-hybridized carbons (Fsp3) is 0.182. The van der Waals surface area contributed by atoms with Gasteiger partial charge in [-0.3, -0.25) is 0 Å². The Bertz CT molecular complexity index is 715. The lowest BCUT2D eigenvalue weighted by Gasteiger charge is -1.93. The highest BCUT2D eigenvalue weighted by molar-refractivity contribution is 5.86. The quantitative estimate of drug-likeness (QED) is 0.642. The van der Waals surface area contributed by atoms with Crippen LogP contribution in [0.4, 0.5) is 0 Å². The van der Waals surface area contributed by atoms with Crippen molar-refractivity contribution in [1.82, 2.24) is 25.2 Å². The van der Waals surface area contributed by atoms with Gasteiger partial charge in [0, 0.05) is 0 Å². The molecule has 9 heteroatoms. The van der Waals surface area contributed by atoms with Crippen molar-refractivity contribution < 1.29 is 18.4 Å². The number of carbonyl (C=O) groups is 1. The summed E-state index contributed by atoms with van der Waals surface area (Å²) >= 11 is 0. The second-order valence-electron chi connectivity index (χ2n) is 3.77. The smallest absolute Gasteiger partial charge is 0.360 e. The number of furan rings is 1. The highest BCUT2D eigenvalue weighted by Gasteiger charge is 2.14. The van der Waals surface area contributed by atoms with Crippen molar-refractivity contribution in [3.63, 3.8) is 0 Å². The maximum Gasteiger partial charge on any atom is 0.360 e. The predicted octanol–water partition coefficient (Wildman–Crippen LogP) is 0.756. The Kier molecular flexibility index (Phi) is 2.99. The average molecular weight is 275 g/mol. The maximum absolute atomic E-state index is 11.2. The summed E-state index contributed by atoms with van der Waals surface area (Å²) in [7, 11) is 1.27. The number of esters is 1. The molecule has 9 nitrogen and oxygen atoms in total. The van der Waals surface area contributed by atoms with E-state index in [9.17, 15) is 4.79 Å². The zero-order chi connectivity index (χ0) is 13.9. The van der Waals surface area contributed by atoms with E-state index >= 15 is 0 Å². The first kappa shape index (κ1) is 12.1. The lowest BCUT2D eigenvalue weighted by atomic mass is 10.4. The van der Waals surface area contributed by atoms with Gasteiger partial charge < -0.3 is 13.6 Å². The Labute approximate surface area is 112 Å². The molecule has 0 unspecified atom stereocenters. The molecule has 0 radical (unpaired) electrons. The number of rotatable bonds is 4. The molecule has 0 saturated heterocycles. The van der Waals surface area contributed by atoms with Gasteiger partial charge in [0.1, 0.15) is 6.54 Å². The minimum atomic E-state index is -0.557. The van der Waals surface area contributed by atoms with Crippen molar-refractivity contribution in [1.29, 1.82) is 0 Å². The molecular formula is C11H9N5O4. The molecule has 102 valence electrons. The minimum Gasteiger partial charge on any atom is -0.464 e. The molecule has 0 atom stereocenters. The number of carbonyl (C=O) groups excluding carboxylic acids is 1. The summed E-state index contributed by atoms with van der Waals surface area (Å²) in [5.41, 5.74) is 0.110. The maximum atomic E-state index is 11.2. The summed E-state index contributed by atoms with van der Waals surface area (Å²) < 4.78 is 16.5. The van der Waals surface area contributed by atoms with Crippen LogP contribution in [0.5, 0.6) is 0 Å². The number of methoxy groups -OCH3 is 1. The van der Waals surface area contributed by atoms with Crippen LogP contribution in [-0.2, 0) is 11.3 Å². The molecule has 20 heavy (non-hydrogen) atoms. The summed E-state index contributed by atoms with van der Waals surface area (Å²) in [6.07, 6.45) is 2.95. The summed E-state index contributed by atoms with van der Waals surface area (Å²) in [5.74, 6) is 0.520. The Morgan fingerprint density at radius 3 is 3.05 bits per heavy atom. The van der Waals surface area contributed by atoms with E-state index in [0.717, 1.165) is 0 Å². The molecule has 3 aromatic heterocycles. The molecule has 0 N–H and O–H groups in total. The normalized spacial score (nSPS) is 10.7. The van der Waals surface area contributed by atoms with E-state index < -0.39 is 5.97 Å². The van der Waals surface area contributed by atoms with Crippen molar-refractivity contribution in [3.8, 4) is 11.7 Å². The highest BCUT2D eigenvalue weighted by Crippen LogP contribution is 2.17. The van der Waals surface area contributed by atoms with Gasteiger partial charge in [-0.1, -0.05) is 5.21 Å². The Balaban J connectivity index is 1.75. The van der Waals surface area contributed by atoms with E-state index in [0.29, 0.717) is 11.7 Å². The molecule has 3 heterocycles. The highest BCUT2D eigenvalue weighted by atomic mass is 16.5. The third kappa shape index (κ3) is 2.28. The van der Waals surface area contributed by atoms with E-state index in [1.165, 1.54) is 24.3 Å². The van der Waals surface area contributed by atoms with Crippen LogP contribution in [0.15, 0.2) is 33.4 Å². The largest absolute Gasteiger partial charge is 0.464 e. The summed E-state index contributed by atoms with van der Waals surface area (Å²) in [6.45, 7) is 0.192. The van der Waals surface area contributed by atoms with Crippen LogP contribution in [0.25, 0.3) is 11.7 Å². The lowest BCUT2D eigenvalue weighted by Crippen LogP contribution is -2.02. The van der Waals surface area contributed by atoms with Gasteiger partial charge in [-0.25, -0.2) is 9.48 Å². The van der Waals surface area contributed by atoms with Crippen molar-refractivity contribution in [2.75, 3.05) is 7.11 Å². The summed E-state index contributed by atoms with van der Waals surface area (Å²) in [5, 5.41) is 15.1. The number of hydrogen-bond acceptors (Lipinski definition) is 8. The first-order valence-electron chi connectivity index (χ1n) is 5.61. The summed E-state index contributed by atoms with van der Waals surface area (Å²) in [6, 6.07) is 3.43.